The first-order valence-electron chi connectivity index (χ1n) is 8.88. The summed E-state index contributed by atoms with van der Waals surface area (Å²) in [6, 6.07) is 21.3. The third-order valence-electron chi connectivity index (χ3n) is 4.51. The Labute approximate surface area is 156 Å². The second-order valence-electron chi connectivity index (χ2n) is 6.29. The van der Waals surface area contributed by atoms with Crippen molar-refractivity contribution < 1.29 is 4.79 Å². The number of rotatable bonds is 5. The molecule has 0 aliphatic heterocycles. The zero-order valence-corrected chi connectivity index (χ0v) is 14.9. The molecule has 6 nitrogen and oxygen atoms in total. The van der Waals surface area contributed by atoms with Crippen molar-refractivity contribution in [2.45, 2.75) is 19.3 Å². The fraction of sp³-hybridized carbons (Fsp3) is 0.143. The van der Waals surface area contributed by atoms with Gasteiger partial charge >= 0.3 is 0 Å². The number of carbonyl (C=O) groups is 1. The summed E-state index contributed by atoms with van der Waals surface area (Å²) in [7, 11) is 0. The molecule has 1 amide bonds. The van der Waals surface area contributed by atoms with E-state index in [1.807, 2.05) is 73.7 Å². The molecule has 1 atom stereocenters. The average molecular weight is 357 g/mol. The molecule has 0 aliphatic carbocycles. The number of carbonyl (C=O) groups excluding carboxylic acids is 1. The molecule has 2 heterocycles. The lowest BCUT2D eigenvalue weighted by Gasteiger charge is -2.16. The number of hydrogen-bond acceptors (Lipinski definition) is 4. The van der Waals surface area contributed by atoms with Crippen molar-refractivity contribution in [2.75, 3.05) is 5.32 Å². The lowest BCUT2D eigenvalue weighted by atomic mass is 9.95. The van der Waals surface area contributed by atoms with Crippen LogP contribution in [0.25, 0.3) is 16.9 Å². The molecule has 134 valence electrons. The van der Waals surface area contributed by atoms with E-state index in [2.05, 4.69) is 20.6 Å². The van der Waals surface area contributed by atoms with Crippen LogP contribution in [0.1, 0.15) is 24.8 Å². The van der Waals surface area contributed by atoms with Crippen molar-refractivity contribution in [3.05, 3.63) is 78.6 Å². The molecule has 4 rings (SSSR count). The van der Waals surface area contributed by atoms with Crippen LogP contribution >= 0.6 is 0 Å². The summed E-state index contributed by atoms with van der Waals surface area (Å²) < 4.78 is 1.63. The molecule has 0 spiro atoms. The molecular weight excluding hydrogens is 338 g/mol. The van der Waals surface area contributed by atoms with Gasteiger partial charge in [-0.1, -0.05) is 49.4 Å². The Morgan fingerprint density at radius 1 is 1.07 bits per heavy atom. The highest BCUT2D eigenvalue weighted by atomic mass is 16.1. The predicted molar refractivity (Wildman–Crippen MR) is 104 cm³/mol. The molecule has 2 aromatic carbocycles. The van der Waals surface area contributed by atoms with Crippen LogP contribution in [0, 0.1) is 0 Å². The van der Waals surface area contributed by atoms with Gasteiger partial charge in [0.1, 0.15) is 6.33 Å². The Morgan fingerprint density at radius 2 is 1.93 bits per heavy atom. The molecule has 0 radical (unpaired) electrons. The molecule has 0 saturated carbocycles. The molecular formula is C21H19N5O. The molecule has 0 aliphatic rings. The summed E-state index contributed by atoms with van der Waals surface area (Å²) in [6.07, 6.45) is 2.30. The number of nitrogens with zero attached hydrogens (tertiary/aromatic N) is 4. The lowest BCUT2D eigenvalue weighted by molar-refractivity contribution is -0.117. The second-order valence-corrected chi connectivity index (χ2v) is 6.29. The highest BCUT2D eigenvalue weighted by Crippen LogP contribution is 2.24. The Hall–Kier alpha value is -3.54. The number of amides is 1. The van der Waals surface area contributed by atoms with Gasteiger partial charge in [0.25, 0.3) is 0 Å². The molecule has 0 saturated heterocycles. The van der Waals surface area contributed by atoms with Crippen molar-refractivity contribution in [3.8, 4) is 11.3 Å². The molecule has 1 unspecified atom stereocenters. The topological polar surface area (TPSA) is 72.2 Å². The fourth-order valence-corrected chi connectivity index (χ4v) is 3.13. The van der Waals surface area contributed by atoms with E-state index in [0.717, 1.165) is 28.9 Å². The zero-order valence-electron chi connectivity index (χ0n) is 14.9. The summed E-state index contributed by atoms with van der Waals surface area (Å²) in [4.78, 5) is 12.8. The Bertz CT molecular complexity index is 1070. The van der Waals surface area contributed by atoms with Gasteiger partial charge in [-0.25, -0.2) is 0 Å². The first kappa shape index (κ1) is 16.9. The zero-order chi connectivity index (χ0) is 18.6. The maximum absolute atomic E-state index is 12.8. The van der Waals surface area contributed by atoms with E-state index in [9.17, 15) is 4.79 Å². The molecule has 1 N–H and O–H groups in total. The van der Waals surface area contributed by atoms with Crippen molar-refractivity contribution >= 4 is 17.2 Å². The first-order chi connectivity index (χ1) is 13.2. The summed E-state index contributed by atoms with van der Waals surface area (Å²) >= 11 is 0. The van der Waals surface area contributed by atoms with Crippen LogP contribution in [0.15, 0.2) is 73.1 Å². The van der Waals surface area contributed by atoms with Crippen LogP contribution in [0.5, 0.6) is 0 Å². The van der Waals surface area contributed by atoms with E-state index in [1.165, 1.54) is 0 Å². The minimum absolute atomic E-state index is 0.0110. The molecule has 0 bridgehead atoms. The number of nitrogens with one attached hydrogen (secondary N) is 1. The summed E-state index contributed by atoms with van der Waals surface area (Å²) in [5, 5.41) is 15.3. The maximum atomic E-state index is 12.8. The number of aromatic nitrogens is 4. The largest absolute Gasteiger partial charge is 0.326 e. The monoisotopic (exact) mass is 357 g/mol. The maximum Gasteiger partial charge on any atom is 0.231 e. The lowest BCUT2D eigenvalue weighted by Crippen LogP contribution is -2.20. The number of anilines is 1. The van der Waals surface area contributed by atoms with Crippen molar-refractivity contribution in [3.63, 3.8) is 0 Å². The molecule has 2 aromatic heterocycles. The van der Waals surface area contributed by atoms with Crippen LogP contribution in [0.3, 0.4) is 0 Å². The minimum atomic E-state index is -0.179. The highest BCUT2D eigenvalue weighted by Gasteiger charge is 2.18. The number of benzene rings is 2. The van der Waals surface area contributed by atoms with Gasteiger partial charge in [0.05, 0.1) is 11.6 Å². The van der Waals surface area contributed by atoms with E-state index in [4.69, 9.17) is 0 Å². The predicted octanol–water partition coefficient (Wildman–Crippen LogP) is 3.92. The van der Waals surface area contributed by atoms with Gasteiger partial charge in [-0.15, -0.1) is 10.2 Å². The van der Waals surface area contributed by atoms with Crippen LogP contribution < -0.4 is 5.32 Å². The molecule has 27 heavy (non-hydrogen) atoms. The fourth-order valence-electron chi connectivity index (χ4n) is 3.13. The van der Waals surface area contributed by atoms with Crippen LogP contribution in [0.2, 0.25) is 0 Å². The Morgan fingerprint density at radius 3 is 2.74 bits per heavy atom. The summed E-state index contributed by atoms with van der Waals surface area (Å²) in [6.45, 7) is 2.02. The summed E-state index contributed by atoms with van der Waals surface area (Å²) in [5.41, 5.74) is 4.16. The van der Waals surface area contributed by atoms with Gasteiger partial charge in [0, 0.05) is 11.3 Å². The Kier molecular flexibility index (Phi) is 4.61. The van der Waals surface area contributed by atoms with E-state index in [1.54, 1.807) is 10.8 Å². The van der Waals surface area contributed by atoms with Gasteiger partial charge in [-0.05, 0) is 36.2 Å². The van der Waals surface area contributed by atoms with Crippen LogP contribution in [0.4, 0.5) is 5.69 Å². The number of hydrogen-bond donors (Lipinski definition) is 1. The number of fused-ring (bicyclic) bond motifs is 1. The van der Waals surface area contributed by atoms with Crippen molar-refractivity contribution in [1.82, 2.24) is 19.8 Å². The van der Waals surface area contributed by atoms with Gasteiger partial charge in [0.15, 0.2) is 5.65 Å². The van der Waals surface area contributed by atoms with E-state index in [0.29, 0.717) is 5.65 Å². The standard InChI is InChI=1S/C21H19N5O/c1-2-18(15-7-4-3-5-8-15)21(27)23-17-10-6-9-16(13-17)19-11-12-20-24-22-14-26(20)25-19/h3-14,18H,2H2,1H3,(H,23,27). The molecule has 4 aromatic rings. The molecule has 6 heteroatoms. The molecule has 0 fully saturated rings. The summed E-state index contributed by atoms with van der Waals surface area (Å²) in [5.74, 6) is -0.190. The van der Waals surface area contributed by atoms with Crippen LogP contribution in [-0.2, 0) is 4.79 Å². The normalized spacial score (nSPS) is 12.0. The minimum Gasteiger partial charge on any atom is -0.326 e. The second kappa shape index (κ2) is 7.37. The third kappa shape index (κ3) is 3.55. The SMILES string of the molecule is CCC(C(=O)Nc1cccc(-c2ccc3nncn3n2)c1)c1ccccc1. The smallest absolute Gasteiger partial charge is 0.231 e. The van der Waals surface area contributed by atoms with Gasteiger partial charge in [0.2, 0.25) is 5.91 Å². The Balaban J connectivity index is 1.57. The van der Waals surface area contributed by atoms with Gasteiger partial charge < -0.3 is 5.32 Å². The highest BCUT2D eigenvalue weighted by molar-refractivity contribution is 5.96. The third-order valence-corrected chi connectivity index (χ3v) is 4.51. The van der Waals surface area contributed by atoms with E-state index in [-0.39, 0.29) is 11.8 Å². The van der Waals surface area contributed by atoms with Crippen LogP contribution in [-0.4, -0.2) is 25.7 Å². The quantitative estimate of drug-likeness (QED) is 0.587. The van der Waals surface area contributed by atoms with E-state index >= 15 is 0 Å². The van der Waals surface area contributed by atoms with Gasteiger partial charge in [-0.3, -0.25) is 4.79 Å². The van der Waals surface area contributed by atoms with E-state index < -0.39 is 0 Å². The first-order valence-corrected chi connectivity index (χ1v) is 8.88. The van der Waals surface area contributed by atoms with Crippen molar-refractivity contribution in [1.29, 1.82) is 0 Å². The van der Waals surface area contributed by atoms with Crippen molar-refractivity contribution in [2.24, 2.45) is 0 Å². The average Bonchev–Trinajstić information content (AvgIpc) is 3.17. The van der Waals surface area contributed by atoms with Gasteiger partial charge in [-0.2, -0.15) is 9.61 Å².